The Balaban J connectivity index is 1.81. The summed E-state index contributed by atoms with van der Waals surface area (Å²) in [6, 6.07) is 20.2. The minimum atomic E-state index is -0.405. The van der Waals surface area contributed by atoms with E-state index in [1.54, 1.807) is 29.4 Å². The van der Waals surface area contributed by atoms with Crippen molar-refractivity contribution in [3.8, 4) is 0 Å². The van der Waals surface area contributed by atoms with Gasteiger partial charge in [0.05, 0.1) is 6.04 Å². The Kier molecular flexibility index (Phi) is 4.65. The van der Waals surface area contributed by atoms with Crippen LogP contribution in [0.2, 0.25) is 5.02 Å². The maximum Gasteiger partial charge on any atom is 0.290 e. The van der Waals surface area contributed by atoms with Crippen LogP contribution in [0.1, 0.15) is 22.7 Å². The zero-order valence-corrected chi connectivity index (χ0v) is 15.2. The van der Waals surface area contributed by atoms with E-state index in [1.165, 1.54) is 0 Å². The minimum Gasteiger partial charge on any atom is -0.503 e. The highest BCUT2D eigenvalue weighted by atomic mass is 35.5. The first kappa shape index (κ1) is 17.3. The number of hydrogen-bond donors (Lipinski definition) is 1. The summed E-state index contributed by atoms with van der Waals surface area (Å²) in [6.45, 7) is 0.348. The molecule has 0 bridgehead atoms. The molecule has 0 saturated carbocycles. The number of carbonyl (C=O) groups excluding carboxylic acids is 1. The summed E-state index contributed by atoms with van der Waals surface area (Å²) < 4.78 is 0. The molecule has 5 heteroatoms. The van der Waals surface area contributed by atoms with Crippen LogP contribution in [0, 0.1) is 0 Å². The van der Waals surface area contributed by atoms with Gasteiger partial charge in [0.2, 0.25) is 0 Å². The number of amides is 1. The molecular formula is C22H17ClN2O2. The van der Waals surface area contributed by atoms with Gasteiger partial charge in [0, 0.05) is 29.5 Å². The summed E-state index contributed by atoms with van der Waals surface area (Å²) in [5.41, 5.74) is 3.20. The van der Waals surface area contributed by atoms with Gasteiger partial charge >= 0.3 is 0 Å². The second kappa shape index (κ2) is 7.25. The van der Waals surface area contributed by atoms with Gasteiger partial charge in [-0.1, -0.05) is 60.1 Å². The number of halogens is 1. The van der Waals surface area contributed by atoms with Crippen molar-refractivity contribution in [3.63, 3.8) is 0 Å². The molecule has 27 heavy (non-hydrogen) atoms. The van der Waals surface area contributed by atoms with E-state index in [1.807, 2.05) is 54.6 Å². The summed E-state index contributed by atoms with van der Waals surface area (Å²) in [5.74, 6) is -0.609. The van der Waals surface area contributed by atoms with E-state index < -0.39 is 11.9 Å². The van der Waals surface area contributed by atoms with Crippen LogP contribution in [0.25, 0.3) is 5.57 Å². The predicted octanol–water partition coefficient (Wildman–Crippen LogP) is 4.79. The van der Waals surface area contributed by atoms with E-state index in [4.69, 9.17) is 11.6 Å². The number of carbonyl (C=O) groups is 1. The first-order valence-electron chi connectivity index (χ1n) is 8.59. The zero-order valence-electron chi connectivity index (χ0n) is 14.4. The minimum absolute atomic E-state index is 0.218. The lowest BCUT2D eigenvalue weighted by atomic mass is 9.93. The molecule has 4 nitrogen and oxygen atoms in total. The Morgan fingerprint density at radius 2 is 1.74 bits per heavy atom. The van der Waals surface area contributed by atoms with Crippen molar-refractivity contribution in [2.24, 2.45) is 0 Å². The molecule has 1 amide bonds. The van der Waals surface area contributed by atoms with Crippen molar-refractivity contribution in [2.75, 3.05) is 0 Å². The van der Waals surface area contributed by atoms with Gasteiger partial charge < -0.3 is 10.0 Å². The molecule has 1 N–H and O–H groups in total. The highest BCUT2D eigenvalue weighted by molar-refractivity contribution is 6.30. The van der Waals surface area contributed by atoms with Crippen LogP contribution in [0.5, 0.6) is 0 Å². The molecule has 1 aliphatic rings. The van der Waals surface area contributed by atoms with Crippen molar-refractivity contribution in [1.29, 1.82) is 0 Å². The van der Waals surface area contributed by atoms with Gasteiger partial charge in [-0.05, 0) is 34.9 Å². The van der Waals surface area contributed by atoms with Gasteiger partial charge in [-0.3, -0.25) is 9.78 Å². The standard InChI is InChI=1S/C22H17ClN2O2/c23-18-10-8-17(9-11-18)20-19(16-6-2-1-3-7-16)21(26)22(27)25(20)14-15-5-4-12-24-13-15/h1-13,20,26H,14H2/t20-/m1/s1. The summed E-state index contributed by atoms with van der Waals surface area (Å²) in [4.78, 5) is 18.7. The average Bonchev–Trinajstić information content (AvgIpc) is 2.95. The molecule has 2 aromatic carbocycles. The van der Waals surface area contributed by atoms with Crippen molar-refractivity contribution in [3.05, 3.63) is 107 Å². The Morgan fingerprint density at radius 1 is 1.00 bits per heavy atom. The number of pyridine rings is 1. The molecule has 0 unspecified atom stereocenters. The van der Waals surface area contributed by atoms with E-state index in [9.17, 15) is 9.90 Å². The maximum atomic E-state index is 12.9. The number of aliphatic hydroxyl groups excluding tert-OH is 1. The molecule has 1 atom stereocenters. The largest absolute Gasteiger partial charge is 0.503 e. The Bertz CT molecular complexity index is 986. The van der Waals surface area contributed by atoms with Crippen LogP contribution >= 0.6 is 11.6 Å². The van der Waals surface area contributed by atoms with Crippen molar-refractivity contribution < 1.29 is 9.90 Å². The molecule has 0 aliphatic carbocycles. The molecule has 0 fully saturated rings. The SMILES string of the molecule is O=C1C(O)=C(c2ccccc2)[C@@H](c2ccc(Cl)cc2)N1Cc1cccnc1. The van der Waals surface area contributed by atoms with E-state index in [0.717, 1.165) is 16.7 Å². The third-order valence-corrected chi connectivity index (χ3v) is 4.90. The fourth-order valence-corrected chi connectivity index (χ4v) is 3.54. The Hall–Kier alpha value is -3.11. The van der Waals surface area contributed by atoms with Crippen molar-refractivity contribution in [2.45, 2.75) is 12.6 Å². The first-order valence-corrected chi connectivity index (χ1v) is 8.97. The van der Waals surface area contributed by atoms with Gasteiger partial charge in [0.15, 0.2) is 5.76 Å². The quantitative estimate of drug-likeness (QED) is 0.712. The van der Waals surface area contributed by atoms with Crippen LogP contribution in [0.4, 0.5) is 0 Å². The lowest BCUT2D eigenvalue weighted by Gasteiger charge is -2.27. The molecule has 4 rings (SSSR count). The third-order valence-electron chi connectivity index (χ3n) is 4.65. The van der Waals surface area contributed by atoms with Crippen LogP contribution in [-0.2, 0) is 11.3 Å². The van der Waals surface area contributed by atoms with Crippen molar-refractivity contribution in [1.82, 2.24) is 9.88 Å². The highest BCUT2D eigenvalue weighted by Crippen LogP contribution is 2.43. The normalized spacial score (nSPS) is 16.9. The molecule has 3 aromatic rings. The van der Waals surface area contributed by atoms with Gasteiger partial charge in [-0.15, -0.1) is 0 Å². The van der Waals surface area contributed by atoms with Crippen molar-refractivity contribution >= 4 is 23.1 Å². The van der Waals surface area contributed by atoms with E-state index in [2.05, 4.69) is 4.98 Å². The summed E-state index contributed by atoms with van der Waals surface area (Å²) in [7, 11) is 0. The number of aromatic nitrogens is 1. The van der Waals surface area contributed by atoms with Crippen LogP contribution in [0.3, 0.4) is 0 Å². The monoisotopic (exact) mass is 376 g/mol. The number of rotatable bonds is 4. The van der Waals surface area contributed by atoms with Crippen LogP contribution in [-0.4, -0.2) is 20.9 Å². The molecular weight excluding hydrogens is 360 g/mol. The zero-order chi connectivity index (χ0) is 18.8. The average molecular weight is 377 g/mol. The smallest absolute Gasteiger partial charge is 0.290 e. The van der Waals surface area contributed by atoms with Gasteiger partial charge in [0.1, 0.15) is 0 Å². The van der Waals surface area contributed by atoms with E-state index in [0.29, 0.717) is 17.1 Å². The third kappa shape index (κ3) is 3.32. The van der Waals surface area contributed by atoms with E-state index >= 15 is 0 Å². The highest BCUT2D eigenvalue weighted by Gasteiger charge is 2.40. The van der Waals surface area contributed by atoms with Crippen LogP contribution < -0.4 is 0 Å². The van der Waals surface area contributed by atoms with Gasteiger partial charge in [-0.25, -0.2) is 0 Å². The predicted molar refractivity (Wildman–Crippen MR) is 105 cm³/mol. The fourth-order valence-electron chi connectivity index (χ4n) is 3.41. The summed E-state index contributed by atoms with van der Waals surface area (Å²) >= 11 is 6.05. The lowest BCUT2D eigenvalue weighted by Crippen LogP contribution is -2.29. The molecule has 1 aromatic heterocycles. The molecule has 0 saturated heterocycles. The molecule has 134 valence electrons. The molecule has 0 spiro atoms. The lowest BCUT2D eigenvalue weighted by molar-refractivity contribution is -0.130. The molecule has 0 radical (unpaired) electrons. The fraction of sp³-hybridized carbons (Fsp3) is 0.0909. The summed E-state index contributed by atoms with van der Waals surface area (Å²) in [5, 5.41) is 11.3. The summed E-state index contributed by atoms with van der Waals surface area (Å²) in [6.07, 6.45) is 3.42. The Morgan fingerprint density at radius 3 is 2.41 bits per heavy atom. The van der Waals surface area contributed by atoms with Gasteiger partial charge in [0.25, 0.3) is 5.91 Å². The number of aliphatic hydroxyl groups is 1. The number of nitrogens with zero attached hydrogens (tertiary/aromatic N) is 2. The maximum absolute atomic E-state index is 12.9. The topological polar surface area (TPSA) is 53.4 Å². The van der Waals surface area contributed by atoms with Crippen LogP contribution in [0.15, 0.2) is 84.9 Å². The van der Waals surface area contributed by atoms with Gasteiger partial charge in [-0.2, -0.15) is 0 Å². The molecule has 2 heterocycles. The number of benzene rings is 2. The molecule has 1 aliphatic heterocycles. The number of hydrogen-bond acceptors (Lipinski definition) is 3. The van der Waals surface area contributed by atoms with E-state index in [-0.39, 0.29) is 5.76 Å². The first-order chi connectivity index (χ1) is 13.1. The Labute approximate surface area is 162 Å². The second-order valence-electron chi connectivity index (χ2n) is 6.38. The second-order valence-corrected chi connectivity index (χ2v) is 6.81.